The van der Waals surface area contributed by atoms with Gasteiger partial charge in [-0.1, -0.05) is 0 Å². The number of carbonyl (C=O) groups is 1. The van der Waals surface area contributed by atoms with E-state index in [1.54, 1.807) is 0 Å². The van der Waals surface area contributed by atoms with E-state index < -0.39 is 11.9 Å². The number of terminal acetylenes is 1. The van der Waals surface area contributed by atoms with E-state index in [0.717, 1.165) is 0 Å². The minimum Gasteiger partial charge on any atom is -0.368 e. The van der Waals surface area contributed by atoms with Gasteiger partial charge in [-0.3, -0.25) is 4.79 Å². The van der Waals surface area contributed by atoms with E-state index in [2.05, 4.69) is 5.92 Å². The van der Waals surface area contributed by atoms with E-state index in [-0.39, 0.29) is 18.8 Å². The highest BCUT2D eigenvalue weighted by molar-refractivity contribution is 5.85. The van der Waals surface area contributed by atoms with Crippen LogP contribution in [0, 0.1) is 12.3 Å². The van der Waals surface area contributed by atoms with Crippen LogP contribution in [0.4, 0.5) is 0 Å². The Labute approximate surface area is 60.2 Å². The van der Waals surface area contributed by atoms with Gasteiger partial charge in [0.05, 0.1) is 6.04 Å². The first-order chi connectivity index (χ1) is 3.68. The summed E-state index contributed by atoms with van der Waals surface area (Å²) in [4.78, 5) is 10.1. The molecule has 0 bridgehead atoms. The molecule has 0 aromatic carbocycles. The molecule has 0 spiro atoms. The van der Waals surface area contributed by atoms with E-state index >= 15 is 0 Å². The molecule has 1 atom stereocenters. The van der Waals surface area contributed by atoms with Crippen LogP contribution in [0.25, 0.3) is 0 Å². The van der Waals surface area contributed by atoms with E-state index in [1.807, 2.05) is 0 Å². The molecule has 0 fully saturated rings. The molecule has 0 radical (unpaired) electrons. The quantitative estimate of drug-likeness (QED) is 0.506. The summed E-state index contributed by atoms with van der Waals surface area (Å²) in [7, 11) is 0. The van der Waals surface area contributed by atoms with Gasteiger partial charge in [0, 0.05) is 6.42 Å². The molecule has 0 unspecified atom stereocenters. The molecule has 0 aromatic rings. The number of carbonyl (C=O) groups excluding carboxylic acids is 1. The predicted octanol–water partition coefficient (Wildman–Crippen LogP) is -0.756. The van der Waals surface area contributed by atoms with E-state index in [0.29, 0.717) is 0 Å². The number of amides is 1. The first kappa shape index (κ1) is 11.1. The summed E-state index contributed by atoms with van der Waals surface area (Å²) >= 11 is 0. The van der Waals surface area contributed by atoms with Gasteiger partial charge in [-0.15, -0.1) is 24.8 Å². The molecule has 0 saturated carbocycles. The standard InChI is InChI=1S/C5H8N2O.ClH/c1-2-3-4(6)5(7)8;/h1,4H,3,6H2,(H2,7,8);1H/t4-;/m1./s1. The van der Waals surface area contributed by atoms with Gasteiger partial charge in [0.2, 0.25) is 5.91 Å². The van der Waals surface area contributed by atoms with Crippen LogP contribution in [-0.4, -0.2) is 11.9 Å². The number of hydrogen-bond acceptors (Lipinski definition) is 2. The maximum absolute atomic E-state index is 10.1. The average Bonchev–Trinajstić information content (AvgIpc) is 1.67. The Bertz CT molecular complexity index is 129. The predicted molar refractivity (Wildman–Crippen MR) is 37.9 cm³/mol. The van der Waals surface area contributed by atoms with Crippen molar-refractivity contribution in [1.82, 2.24) is 0 Å². The second-order valence-electron chi connectivity index (χ2n) is 1.42. The average molecular weight is 149 g/mol. The fourth-order valence-corrected chi connectivity index (χ4v) is 0.228. The van der Waals surface area contributed by atoms with Gasteiger partial charge in [0.15, 0.2) is 0 Å². The lowest BCUT2D eigenvalue weighted by Gasteiger charge is -1.98. The van der Waals surface area contributed by atoms with Crippen LogP contribution in [0.15, 0.2) is 0 Å². The monoisotopic (exact) mass is 148 g/mol. The van der Waals surface area contributed by atoms with Crippen molar-refractivity contribution >= 4 is 18.3 Å². The van der Waals surface area contributed by atoms with Gasteiger partial charge in [-0.05, 0) is 0 Å². The third-order valence-corrected chi connectivity index (χ3v) is 0.703. The normalized spacial score (nSPS) is 10.7. The second kappa shape index (κ2) is 5.42. The molecule has 4 heteroatoms. The van der Waals surface area contributed by atoms with Gasteiger partial charge in [0.1, 0.15) is 0 Å². The van der Waals surface area contributed by atoms with Crippen LogP contribution in [0.3, 0.4) is 0 Å². The minimum absolute atomic E-state index is 0. The molecule has 0 rings (SSSR count). The van der Waals surface area contributed by atoms with Crippen LogP contribution < -0.4 is 11.5 Å². The Morgan fingerprint density at radius 3 is 2.33 bits per heavy atom. The van der Waals surface area contributed by atoms with Gasteiger partial charge in [0.25, 0.3) is 0 Å². The van der Waals surface area contributed by atoms with Crippen molar-refractivity contribution < 1.29 is 4.79 Å². The van der Waals surface area contributed by atoms with E-state index in [1.165, 1.54) is 0 Å². The molecule has 3 nitrogen and oxygen atoms in total. The molecule has 0 aromatic heterocycles. The van der Waals surface area contributed by atoms with Crippen LogP contribution in [0.5, 0.6) is 0 Å². The maximum Gasteiger partial charge on any atom is 0.235 e. The molecule has 4 N–H and O–H groups in total. The largest absolute Gasteiger partial charge is 0.368 e. The molecule has 0 aliphatic heterocycles. The molecule has 0 heterocycles. The lowest BCUT2D eigenvalue weighted by atomic mass is 10.2. The van der Waals surface area contributed by atoms with Crippen molar-refractivity contribution in [1.29, 1.82) is 0 Å². The van der Waals surface area contributed by atoms with Gasteiger partial charge in [-0.25, -0.2) is 0 Å². The third-order valence-electron chi connectivity index (χ3n) is 0.703. The van der Waals surface area contributed by atoms with Crippen LogP contribution in [0.2, 0.25) is 0 Å². The smallest absolute Gasteiger partial charge is 0.235 e. The van der Waals surface area contributed by atoms with Gasteiger partial charge in [-0.2, -0.15) is 0 Å². The van der Waals surface area contributed by atoms with Crippen molar-refractivity contribution in [3.05, 3.63) is 0 Å². The first-order valence-electron chi connectivity index (χ1n) is 2.17. The van der Waals surface area contributed by atoms with Crippen molar-refractivity contribution in [2.45, 2.75) is 12.5 Å². The SMILES string of the molecule is C#CC[C@@H](N)C(N)=O.Cl. The van der Waals surface area contributed by atoms with Gasteiger partial charge >= 0.3 is 0 Å². The number of rotatable bonds is 2. The summed E-state index contributed by atoms with van der Waals surface area (Å²) in [5.41, 5.74) is 9.87. The Morgan fingerprint density at radius 1 is 1.78 bits per heavy atom. The lowest BCUT2D eigenvalue weighted by Crippen LogP contribution is -2.35. The number of nitrogens with two attached hydrogens (primary N) is 2. The molecule has 0 aliphatic rings. The topological polar surface area (TPSA) is 69.1 Å². The summed E-state index contributed by atoms with van der Waals surface area (Å²) < 4.78 is 0. The highest BCUT2D eigenvalue weighted by atomic mass is 35.5. The highest BCUT2D eigenvalue weighted by Gasteiger charge is 2.04. The second-order valence-corrected chi connectivity index (χ2v) is 1.42. The van der Waals surface area contributed by atoms with Crippen molar-refractivity contribution in [2.24, 2.45) is 11.5 Å². The molecule has 9 heavy (non-hydrogen) atoms. The minimum atomic E-state index is -0.681. The number of hydrogen-bond donors (Lipinski definition) is 2. The summed E-state index contributed by atoms with van der Waals surface area (Å²) in [6, 6.07) is -0.681. The van der Waals surface area contributed by atoms with E-state index in [9.17, 15) is 4.79 Å². The Kier molecular flexibility index (Phi) is 6.70. The van der Waals surface area contributed by atoms with Crippen molar-refractivity contribution in [3.8, 4) is 12.3 Å². The fraction of sp³-hybridized carbons (Fsp3) is 0.400. The summed E-state index contributed by atoms with van der Waals surface area (Å²) in [5, 5.41) is 0. The fourth-order valence-electron chi connectivity index (χ4n) is 0.228. The molecule has 0 aliphatic carbocycles. The Morgan fingerprint density at radius 2 is 2.22 bits per heavy atom. The highest BCUT2D eigenvalue weighted by Crippen LogP contribution is 1.80. The van der Waals surface area contributed by atoms with Crippen LogP contribution >= 0.6 is 12.4 Å². The van der Waals surface area contributed by atoms with Crippen LogP contribution in [0.1, 0.15) is 6.42 Å². The Hall–Kier alpha value is -0.720. The number of primary amides is 1. The zero-order chi connectivity index (χ0) is 6.57. The lowest BCUT2D eigenvalue weighted by molar-refractivity contribution is -0.119. The van der Waals surface area contributed by atoms with Crippen LogP contribution in [-0.2, 0) is 4.79 Å². The zero-order valence-electron chi connectivity index (χ0n) is 4.83. The van der Waals surface area contributed by atoms with Crippen molar-refractivity contribution in [2.75, 3.05) is 0 Å². The van der Waals surface area contributed by atoms with Crippen molar-refractivity contribution in [3.63, 3.8) is 0 Å². The maximum atomic E-state index is 10.1. The molecule has 0 saturated heterocycles. The molecule has 1 amide bonds. The Balaban J connectivity index is 0. The summed E-state index contributed by atoms with van der Waals surface area (Å²) in [6.07, 6.45) is 5.05. The van der Waals surface area contributed by atoms with E-state index in [4.69, 9.17) is 17.9 Å². The third kappa shape index (κ3) is 5.15. The molecular weight excluding hydrogens is 140 g/mol. The summed E-state index contributed by atoms with van der Waals surface area (Å²) in [6.45, 7) is 0. The zero-order valence-corrected chi connectivity index (χ0v) is 5.65. The molecular formula is C5H9ClN2O. The summed E-state index contributed by atoms with van der Waals surface area (Å²) in [5.74, 6) is 1.67. The number of halogens is 1. The molecule has 52 valence electrons. The first-order valence-corrected chi connectivity index (χ1v) is 2.17. The van der Waals surface area contributed by atoms with Gasteiger partial charge < -0.3 is 11.5 Å².